The molecule has 0 radical (unpaired) electrons. The van der Waals surface area contributed by atoms with Gasteiger partial charge in [0.25, 0.3) is 5.56 Å². The van der Waals surface area contributed by atoms with Crippen LogP contribution in [0.2, 0.25) is 5.02 Å². The van der Waals surface area contributed by atoms with Crippen molar-refractivity contribution in [2.75, 3.05) is 7.11 Å². The normalized spacial score (nSPS) is 16.3. The number of halogens is 2. The number of aromatic nitrogens is 1. The third-order valence-corrected chi connectivity index (χ3v) is 6.13. The third-order valence-electron chi connectivity index (χ3n) is 4.82. The van der Waals surface area contributed by atoms with Crippen LogP contribution in [0.3, 0.4) is 0 Å². The number of rotatable bonds is 3. The molecule has 1 atom stereocenters. The topological polar surface area (TPSA) is 60.7 Å². The minimum Gasteiger partial charge on any atom is -0.466 e. The Morgan fingerprint density at radius 2 is 1.97 bits per heavy atom. The minimum atomic E-state index is -0.701. The molecule has 0 unspecified atom stereocenters. The van der Waals surface area contributed by atoms with Crippen molar-refractivity contribution in [2.45, 2.75) is 13.0 Å². The average Bonchev–Trinajstić information content (AvgIpc) is 3.04. The van der Waals surface area contributed by atoms with Crippen molar-refractivity contribution < 1.29 is 13.9 Å². The highest BCUT2D eigenvalue weighted by Gasteiger charge is 2.32. The number of carbonyl (C=O) groups is 1. The van der Waals surface area contributed by atoms with Crippen LogP contribution in [0.5, 0.6) is 0 Å². The predicted octanol–water partition coefficient (Wildman–Crippen LogP) is 3.20. The summed E-state index contributed by atoms with van der Waals surface area (Å²) in [6.45, 7) is 1.70. The largest absolute Gasteiger partial charge is 0.466 e. The zero-order valence-corrected chi connectivity index (χ0v) is 17.6. The molecule has 0 saturated heterocycles. The van der Waals surface area contributed by atoms with Gasteiger partial charge in [0, 0.05) is 5.56 Å². The number of hydrogen-bond acceptors (Lipinski definition) is 5. The van der Waals surface area contributed by atoms with Gasteiger partial charge in [-0.05, 0) is 30.7 Å². The molecule has 3 aromatic rings. The maximum Gasteiger partial charge on any atom is 0.338 e. The number of carbonyl (C=O) groups excluding carboxylic acids is 1. The van der Waals surface area contributed by atoms with E-state index >= 15 is 0 Å². The van der Waals surface area contributed by atoms with Gasteiger partial charge in [-0.3, -0.25) is 9.36 Å². The molecule has 1 aromatic heterocycles. The van der Waals surface area contributed by atoms with Crippen LogP contribution in [0.15, 0.2) is 69.6 Å². The van der Waals surface area contributed by atoms with Crippen LogP contribution in [-0.2, 0) is 9.53 Å². The highest BCUT2D eigenvalue weighted by Crippen LogP contribution is 2.30. The van der Waals surface area contributed by atoms with Gasteiger partial charge in [0.15, 0.2) is 4.80 Å². The van der Waals surface area contributed by atoms with Gasteiger partial charge >= 0.3 is 5.97 Å². The zero-order valence-electron chi connectivity index (χ0n) is 16.1. The fourth-order valence-electron chi connectivity index (χ4n) is 3.42. The number of hydrogen-bond donors (Lipinski definition) is 0. The smallest absolute Gasteiger partial charge is 0.338 e. The molecule has 0 amide bonds. The van der Waals surface area contributed by atoms with Gasteiger partial charge in [-0.1, -0.05) is 59.3 Å². The monoisotopic (exact) mass is 442 g/mol. The highest BCUT2D eigenvalue weighted by atomic mass is 35.5. The maximum absolute atomic E-state index is 14.3. The Bertz CT molecular complexity index is 1340. The van der Waals surface area contributed by atoms with Gasteiger partial charge in [-0.25, -0.2) is 14.2 Å². The molecule has 0 fully saturated rings. The molecule has 152 valence electrons. The molecule has 8 heteroatoms. The summed E-state index contributed by atoms with van der Waals surface area (Å²) in [6.07, 6.45) is 1.42. The lowest BCUT2D eigenvalue weighted by molar-refractivity contribution is -0.136. The molecule has 2 heterocycles. The van der Waals surface area contributed by atoms with Crippen LogP contribution in [0.4, 0.5) is 4.39 Å². The van der Waals surface area contributed by atoms with Crippen molar-refractivity contribution in [1.29, 1.82) is 0 Å². The molecule has 0 aliphatic carbocycles. The van der Waals surface area contributed by atoms with Crippen molar-refractivity contribution in [3.8, 4) is 0 Å². The minimum absolute atomic E-state index is 0.129. The van der Waals surface area contributed by atoms with Gasteiger partial charge in [-0.15, -0.1) is 0 Å². The van der Waals surface area contributed by atoms with E-state index in [-0.39, 0.29) is 26.3 Å². The van der Waals surface area contributed by atoms with E-state index in [0.717, 1.165) is 16.9 Å². The Labute approximate surface area is 180 Å². The van der Waals surface area contributed by atoms with Crippen LogP contribution >= 0.6 is 22.9 Å². The van der Waals surface area contributed by atoms with Crippen LogP contribution in [-0.4, -0.2) is 17.6 Å². The molecule has 0 N–H and O–H groups in total. The molecular weight excluding hydrogens is 427 g/mol. The van der Waals surface area contributed by atoms with Gasteiger partial charge in [0.2, 0.25) is 0 Å². The lowest BCUT2D eigenvalue weighted by atomic mass is 9.96. The van der Waals surface area contributed by atoms with Crippen LogP contribution < -0.4 is 14.9 Å². The zero-order chi connectivity index (χ0) is 21.4. The number of benzene rings is 2. The summed E-state index contributed by atoms with van der Waals surface area (Å²) in [5.74, 6) is -1.09. The van der Waals surface area contributed by atoms with Gasteiger partial charge in [-0.2, -0.15) is 0 Å². The predicted molar refractivity (Wildman–Crippen MR) is 114 cm³/mol. The second kappa shape index (κ2) is 8.01. The first kappa shape index (κ1) is 20.3. The summed E-state index contributed by atoms with van der Waals surface area (Å²) < 4.78 is 20.9. The molecule has 0 saturated carbocycles. The van der Waals surface area contributed by atoms with E-state index in [4.69, 9.17) is 16.3 Å². The van der Waals surface area contributed by atoms with E-state index in [1.54, 1.807) is 13.0 Å². The van der Waals surface area contributed by atoms with E-state index in [0.29, 0.717) is 10.5 Å². The standard InChI is InChI=1S/C22H16ClFN2O3S/c1-12-18(21(28)29-2)19(13-7-4-3-5-8-13)26-20(27)17(30-22(26)25-12)11-14-15(23)9-6-10-16(14)24/h3-11,19H,1-2H3/b17-11+/t19-/m1/s1. The molecule has 1 aliphatic rings. The van der Waals surface area contributed by atoms with Crippen molar-refractivity contribution in [2.24, 2.45) is 4.99 Å². The Morgan fingerprint density at radius 1 is 1.23 bits per heavy atom. The molecule has 1 aliphatic heterocycles. The Morgan fingerprint density at radius 3 is 2.63 bits per heavy atom. The fourth-order valence-corrected chi connectivity index (χ4v) is 4.67. The number of allylic oxidation sites excluding steroid dienone is 1. The van der Waals surface area contributed by atoms with E-state index < -0.39 is 17.8 Å². The summed E-state index contributed by atoms with van der Waals surface area (Å²) >= 11 is 7.24. The quantitative estimate of drug-likeness (QED) is 0.585. The first-order chi connectivity index (χ1) is 14.4. The first-order valence-electron chi connectivity index (χ1n) is 9.02. The number of esters is 1. The molecule has 4 rings (SSSR count). The number of nitrogens with zero attached hydrogens (tertiary/aromatic N) is 2. The Kier molecular flexibility index (Phi) is 5.40. The second-order valence-corrected chi connectivity index (χ2v) is 8.04. The van der Waals surface area contributed by atoms with E-state index in [2.05, 4.69) is 4.99 Å². The van der Waals surface area contributed by atoms with E-state index in [1.165, 1.54) is 29.9 Å². The Hall–Kier alpha value is -3.03. The van der Waals surface area contributed by atoms with Gasteiger partial charge in [0.05, 0.1) is 34.0 Å². The van der Waals surface area contributed by atoms with Crippen molar-refractivity contribution in [1.82, 2.24) is 4.57 Å². The number of fused-ring (bicyclic) bond motifs is 1. The Balaban J connectivity index is 2.01. The number of methoxy groups -OCH3 is 1. The molecule has 0 spiro atoms. The molecule has 30 heavy (non-hydrogen) atoms. The van der Waals surface area contributed by atoms with Gasteiger partial charge < -0.3 is 4.74 Å². The van der Waals surface area contributed by atoms with E-state index in [9.17, 15) is 14.0 Å². The summed E-state index contributed by atoms with van der Waals surface area (Å²) in [7, 11) is 1.29. The third kappa shape index (κ3) is 3.40. The summed E-state index contributed by atoms with van der Waals surface area (Å²) in [4.78, 5) is 30.7. The lowest BCUT2D eigenvalue weighted by Crippen LogP contribution is -2.39. The SMILES string of the molecule is COC(=O)C1=C(C)N=c2s/c(=C/c3c(F)cccc3Cl)c(=O)n2[C@@H]1c1ccccc1. The lowest BCUT2D eigenvalue weighted by Gasteiger charge is -2.24. The van der Waals surface area contributed by atoms with Crippen molar-refractivity contribution >= 4 is 35.0 Å². The number of ether oxygens (including phenoxy) is 1. The number of thiazole rings is 1. The summed E-state index contributed by atoms with van der Waals surface area (Å²) in [6, 6.07) is 12.8. The van der Waals surface area contributed by atoms with Gasteiger partial charge in [0.1, 0.15) is 5.82 Å². The molecule has 5 nitrogen and oxygen atoms in total. The fraction of sp³-hybridized carbons (Fsp3) is 0.136. The van der Waals surface area contributed by atoms with Crippen LogP contribution in [0.25, 0.3) is 6.08 Å². The molecular formula is C22H16ClFN2O3S. The highest BCUT2D eigenvalue weighted by molar-refractivity contribution is 7.07. The summed E-state index contributed by atoms with van der Waals surface area (Å²) in [5, 5.41) is 0.201. The van der Waals surface area contributed by atoms with Crippen molar-refractivity contribution in [3.63, 3.8) is 0 Å². The summed E-state index contributed by atoms with van der Waals surface area (Å²) in [5.41, 5.74) is 1.23. The van der Waals surface area contributed by atoms with Crippen LogP contribution in [0, 0.1) is 5.82 Å². The first-order valence-corrected chi connectivity index (χ1v) is 10.2. The van der Waals surface area contributed by atoms with Crippen LogP contribution in [0.1, 0.15) is 24.1 Å². The van der Waals surface area contributed by atoms with E-state index in [1.807, 2.05) is 30.3 Å². The molecule has 0 bridgehead atoms. The second-order valence-electron chi connectivity index (χ2n) is 6.62. The average molecular weight is 443 g/mol. The maximum atomic E-state index is 14.3. The van der Waals surface area contributed by atoms with Crippen molar-refractivity contribution in [3.05, 3.63) is 101 Å². The molecule has 2 aromatic carbocycles.